The fourth-order valence-electron chi connectivity index (χ4n) is 5.40. The van der Waals surface area contributed by atoms with Crippen LogP contribution in [0.25, 0.3) is 32.9 Å². The summed E-state index contributed by atoms with van der Waals surface area (Å²) in [6, 6.07) is 26.6. The lowest BCUT2D eigenvalue weighted by molar-refractivity contribution is -0.384. The van der Waals surface area contributed by atoms with Gasteiger partial charge >= 0.3 is 0 Å². The van der Waals surface area contributed by atoms with Crippen molar-refractivity contribution in [2.24, 2.45) is 0 Å². The van der Waals surface area contributed by atoms with Crippen LogP contribution < -0.4 is 10.6 Å². The van der Waals surface area contributed by atoms with Crippen molar-refractivity contribution in [1.29, 1.82) is 0 Å². The molecule has 10 nitrogen and oxygen atoms in total. The number of rotatable bonds is 10. The zero-order valence-electron chi connectivity index (χ0n) is 23.1. The molecule has 0 saturated carbocycles. The molecule has 0 fully saturated rings. The summed E-state index contributed by atoms with van der Waals surface area (Å²) in [7, 11) is 0. The van der Waals surface area contributed by atoms with Crippen LogP contribution in [0.3, 0.4) is 0 Å². The molecule has 0 bridgehead atoms. The predicted molar refractivity (Wildman–Crippen MR) is 163 cm³/mol. The average Bonchev–Trinajstić information content (AvgIpc) is 3.03. The number of carbonyl (C=O) groups is 3. The molecule has 1 aliphatic rings. The number of benzene rings is 4. The first-order chi connectivity index (χ1) is 20.9. The van der Waals surface area contributed by atoms with E-state index in [2.05, 4.69) is 10.6 Å². The second-order valence-corrected chi connectivity index (χ2v) is 10.2. The highest BCUT2D eigenvalue weighted by Crippen LogP contribution is 2.33. The van der Waals surface area contributed by atoms with Crippen LogP contribution in [0, 0.1) is 10.1 Å². The molecule has 0 atom stereocenters. The lowest BCUT2D eigenvalue weighted by atomic mass is 9.93. The van der Waals surface area contributed by atoms with Gasteiger partial charge in [0.25, 0.3) is 23.4 Å². The molecular formula is C33H27N5O5. The fourth-order valence-corrected chi connectivity index (χ4v) is 5.40. The molecule has 214 valence electrons. The number of carbonyl (C=O) groups excluding carboxylic acids is 3. The maximum atomic E-state index is 13.2. The van der Waals surface area contributed by atoms with Gasteiger partial charge in [-0.1, -0.05) is 60.7 Å². The van der Waals surface area contributed by atoms with Crippen LogP contribution >= 0.6 is 0 Å². The minimum absolute atomic E-state index is 0.105. The molecule has 6 rings (SSSR count). The summed E-state index contributed by atoms with van der Waals surface area (Å²) >= 11 is 0. The molecule has 10 heteroatoms. The largest absolute Gasteiger partial charge is 0.352 e. The van der Waals surface area contributed by atoms with Gasteiger partial charge in [-0.05, 0) is 36.6 Å². The summed E-state index contributed by atoms with van der Waals surface area (Å²) in [6.07, 6.45) is 0.622. The van der Waals surface area contributed by atoms with Gasteiger partial charge in [-0.15, -0.1) is 0 Å². The molecule has 0 aliphatic carbocycles. The van der Waals surface area contributed by atoms with E-state index in [0.29, 0.717) is 48.0 Å². The van der Waals surface area contributed by atoms with E-state index < -0.39 is 16.7 Å². The summed E-state index contributed by atoms with van der Waals surface area (Å²) < 4.78 is 0. The second kappa shape index (κ2) is 11.8. The van der Waals surface area contributed by atoms with Gasteiger partial charge in [0.2, 0.25) is 0 Å². The first-order valence-electron chi connectivity index (χ1n) is 13.9. The van der Waals surface area contributed by atoms with E-state index in [1.165, 1.54) is 12.1 Å². The number of fused-ring (bicyclic) bond motifs is 1. The van der Waals surface area contributed by atoms with Crippen molar-refractivity contribution < 1.29 is 19.3 Å². The number of non-ortho nitro benzene ring substituents is 1. The Balaban J connectivity index is 1.04. The zero-order valence-corrected chi connectivity index (χ0v) is 23.1. The number of aromatic nitrogens is 1. The Morgan fingerprint density at radius 1 is 0.837 bits per heavy atom. The number of hydrogen-bond acceptors (Lipinski definition) is 7. The molecule has 0 radical (unpaired) electrons. The van der Waals surface area contributed by atoms with Crippen LogP contribution in [0.5, 0.6) is 0 Å². The Morgan fingerprint density at radius 3 is 2.42 bits per heavy atom. The Bertz CT molecular complexity index is 1910. The molecule has 5 aromatic rings. The number of nitro benzene ring substituents is 1. The summed E-state index contributed by atoms with van der Waals surface area (Å²) in [5.74, 6) is -1.17. The second-order valence-electron chi connectivity index (χ2n) is 10.2. The molecule has 4 aromatic carbocycles. The SMILES string of the molecule is O=C(NCCCNCCN1C(=O)c2cccc3cc([N+](=O)[O-])cc(c23)C1=O)c1cc(-c2ccccc2)nc2ccccc12. The van der Waals surface area contributed by atoms with E-state index in [-0.39, 0.29) is 23.7 Å². The van der Waals surface area contributed by atoms with Crippen molar-refractivity contribution in [3.63, 3.8) is 0 Å². The normalized spacial score (nSPS) is 12.6. The average molecular weight is 574 g/mol. The molecule has 2 heterocycles. The number of nitrogens with one attached hydrogen (secondary N) is 2. The third-order valence-corrected chi connectivity index (χ3v) is 7.48. The van der Waals surface area contributed by atoms with Gasteiger partial charge in [0, 0.05) is 53.7 Å². The standard InChI is InChI=1S/C33H27N5O5/c39-31(26-20-29(21-8-2-1-3-9-21)36-28-13-5-4-11-24(26)28)35-15-7-14-34-16-17-37-32(40)25-12-6-10-22-18-23(38(42)43)19-27(30(22)25)33(37)41/h1-6,8-13,18-20,34H,7,14-17H2,(H,35,39). The van der Waals surface area contributed by atoms with E-state index >= 15 is 0 Å². The van der Waals surface area contributed by atoms with Gasteiger partial charge in [0.05, 0.1) is 27.3 Å². The zero-order chi connectivity index (χ0) is 29.9. The number of nitro groups is 1. The van der Waals surface area contributed by atoms with Crippen molar-refractivity contribution in [1.82, 2.24) is 20.5 Å². The van der Waals surface area contributed by atoms with Gasteiger partial charge in [-0.3, -0.25) is 29.4 Å². The molecular weight excluding hydrogens is 546 g/mol. The lowest BCUT2D eigenvalue weighted by Gasteiger charge is -2.27. The van der Waals surface area contributed by atoms with E-state index in [4.69, 9.17) is 4.98 Å². The highest BCUT2D eigenvalue weighted by Gasteiger charge is 2.33. The van der Waals surface area contributed by atoms with Crippen molar-refractivity contribution in [3.05, 3.63) is 118 Å². The molecule has 43 heavy (non-hydrogen) atoms. The lowest BCUT2D eigenvalue weighted by Crippen LogP contribution is -2.44. The van der Waals surface area contributed by atoms with Gasteiger partial charge in [-0.2, -0.15) is 0 Å². The van der Waals surface area contributed by atoms with Crippen LogP contribution in [-0.2, 0) is 0 Å². The number of hydrogen-bond donors (Lipinski definition) is 2. The molecule has 0 saturated heterocycles. The Hall–Kier alpha value is -5.48. The van der Waals surface area contributed by atoms with Crippen LogP contribution in [0.1, 0.15) is 37.5 Å². The summed E-state index contributed by atoms with van der Waals surface area (Å²) in [5.41, 5.74) is 3.25. The van der Waals surface area contributed by atoms with Gasteiger partial charge in [-0.25, -0.2) is 4.98 Å². The van der Waals surface area contributed by atoms with E-state index in [1.54, 1.807) is 18.2 Å². The molecule has 1 aromatic heterocycles. The van der Waals surface area contributed by atoms with Gasteiger partial charge < -0.3 is 10.6 Å². The first kappa shape index (κ1) is 27.7. The predicted octanol–water partition coefficient (Wildman–Crippen LogP) is 4.97. The van der Waals surface area contributed by atoms with Crippen LogP contribution in [-0.4, -0.2) is 58.7 Å². The summed E-state index contributed by atoms with van der Waals surface area (Å²) in [6.45, 7) is 1.40. The summed E-state index contributed by atoms with van der Waals surface area (Å²) in [4.78, 5) is 56.2. The number of amides is 3. The van der Waals surface area contributed by atoms with E-state index in [0.717, 1.165) is 27.1 Å². The Labute approximate surface area is 246 Å². The topological polar surface area (TPSA) is 135 Å². The van der Waals surface area contributed by atoms with Crippen molar-refractivity contribution in [3.8, 4) is 11.3 Å². The quantitative estimate of drug-likeness (QED) is 0.104. The van der Waals surface area contributed by atoms with Crippen molar-refractivity contribution in [2.75, 3.05) is 26.2 Å². The van der Waals surface area contributed by atoms with Crippen molar-refractivity contribution >= 4 is 45.1 Å². The van der Waals surface area contributed by atoms with Crippen LogP contribution in [0.15, 0.2) is 91.0 Å². The summed E-state index contributed by atoms with van der Waals surface area (Å²) in [5, 5.41) is 19.3. The minimum atomic E-state index is -0.550. The van der Waals surface area contributed by atoms with Gasteiger partial charge in [0.15, 0.2) is 0 Å². The maximum absolute atomic E-state index is 13.2. The fraction of sp³-hybridized carbons (Fsp3) is 0.152. The van der Waals surface area contributed by atoms with Crippen LogP contribution in [0.2, 0.25) is 0 Å². The molecule has 1 aliphatic heterocycles. The minimum Gasteiger partial charge on any atom is -0.352 e. The van der Waals surface area contributed by atoms with Crippen molar-refractivity contribution in [2.45, 2.75) is 6.42 Å². The molecule has 0 spiro atoms. The third kappa shape index (κ3) is 5.43. The molecule has 0 unspecified atom stereocenters. The van der Waals surface area contributed by atoms with Crippen LogP contribution in [0.4, 0.5) is 5.69 Å². The molecule has 3 amide bonds. The maximum Gasteiger partial charge on any atom is 0.270 e. The monoisotopic (exact) mass is 573 g/mol. The smallest absolute Gasteiger partial charge is 0.270 e. The van der Waals surface area contributed by atoms with E-state index in [9.17, 15) is 24.5 Å². The first-order valence-corrected chi connectivity index (χ1v) is 13.9. The number of pyridine rings is 1. The Kier molecular flexibility index (Phi) is 7.59. The number of nitrogens with zero attached hydrogens (tertiary/aromatic N) is 3. The third-order valence-electron chi connectivity index (χ3n) is 7.48. The van der Waals surface area contributed by atoms with Gasteiger partial charge in [0.1, 0.15) is 0 Å². The van der Waals surface area contributed by atoms with E-state index in [1.807, 2.05) is 60.7 Å². The Morgan fingerprint density at radius 2 is 1.60 bits per heavy atom. The molecule has 2 N–H and O–H groups in total. The number of para-hydroxylation sites is 1. The highest BCUT2D eigenvalue weighted by atomic mass is 16.6. The highest BCUT2D eigenvalue weighted by molar-refractivity contribution is 6.25. The number of imide groups is 1.